The molecule has 1 aliphatic rings. The third kappa shape index (κ3) is 4.02. The maximum atomic E-state index is 12.5. The fraction of sp³-hybridized carbons (Fsp3) is 0.368. The molecule has 1 aromatic heterocycles. The van der Waals surface area contributed by atoms with Gasteiger partial charge in [-0.25, -0.2) is 0 Å². The third-order valence-corrected chi connectivity index (χ3v) is 5.29. The average molecular weight is 358 g/mol. The average Bonchev–Trinajstić information content (AvgIpc) is 3.30. The number of ether oxygens (including phenoxy) is 1. The van der Waals surface area contributed by atoms with Crippen molar-refractivity contribution in [3.05, 3.63) is 52.2 Å². The molecule has 132 valence electrons. The Bertz CT molecular complexity index is 726. The van der Waals surface area contributed by atoms with Crippen molar-refractivity contribution in [3.8, 4) is 5.75 Å². The number of nitrogens with zero attached hydrogens (tertiary/aromatic N) is 2. The fourth-order valence-corrected chi connectivity index (χ4v) is 3.90. The van der Waals surface area contributed by atoms with Crippen LogP contribution >= 0.6 is 11.3 Å². The molecule has 2 amide bonds. The van der Waals surface area contributed by atoms with E-state index in [2.05, 4.69) is 6.07 Å². The summed E-state index contributed by atoms with van der Waals surface area (Å²) in [7, 11) is 3.43. The van der Waals surface area contributed by atoms with E-state index in [4.69, 9.17) is 4.74 Å². The second-order valence-corrected chi connectivity index (χ2v) is 7.25. The highest BCUT2D eigenvalue weighted by atomic mass is 32.1. The summed E-state index contributed by atoms with van der Waals surface area (Å²) >= 11 is 1.69. The molecular weight excluding hydrogens is 336 g/mol. The van der Waals surface area contributed by atoms with Crippen LogP contribution in [0.4, 0.5) is 0 Å². The number of hydrogen-bond donors (Lipinski definition) is 0. The summed E-state index contributed by atoms with van der Waals surface area (Å²) < 4.78 is 5.63. The Morgan fingerprint density at radius 3 is 2.64 bits per heavy atom. The predicted octanol–water partition coefficient (Wildman–Crippen LogP) is 3.19. The molecule has 0 aliphatic carbocycles. The topological polar surface area (TPSA) is 49.9 Å². The largest absolute Gasteiger partial charge is 0.484 e. The number of thiophene rings is 1. The molecule has 5 nitrogen and oxygen atoms in total. The number of likely N-dealkylation sites (tertiary alicyclic amines) is 1. The molecule has 0 bridgehead atoms. The molecule has 2 aromatic rings. The Balaban J connectivity index is 1.58. The van der Waals surface area contributed by atoms with Gasteiger partial charge in [-0.2, -0.15) is 0 Å². The van der Waals surface area contributed by atoms with Crippen LogP contribution in [0, 0.1) is 0 Å². The van der Waals surface area contributed by atoms with Crippen molar-refractivity contribution < 1.29 is 14.3 Å². The van der Waals surface area contributed by atoms with E-state index < -0.39 is 0 Å². The van der Waals surface area contributed by atoms with E-state index in [0.717, 1.165) is 19.4 Å². The third-order valence-electron chi connectivity index (χ3n) is 4.31. The van der Waals surface area contributed by atoms with Gasteiger partial charge in [-0.15, -0.1) is 11.3 Å². The summed E-state index contributed by atoms with van der Waals surface area (Å²) in [5.74, 6) is 0.540. The van der Waals surface area contributed by atoms with E-state index in [1.54, 1.807) is 49.7 Å². The van der Waals surface area contributed by atoms with Crippen molar-refractivity contribution in [1.29, 1.82) is 0 Å². The summed E-state index contributed by atoms with van der Waals surface area (Å²) in [4.78, 5) is 29.1. The first-order valence-corrected chi connectivity index (χ1v) is 9.21. The van der Waals surface area contributed by atoms with Crippen molar-refractivity contribution in [2.45, 2.75) is 18.9 Å². The smallest absolute Gasteiger partial charge is 0.261 e. The Hall–Kier alpha value is -2.34. The van der Waals surface area contributed by atoms with Crippen LogP contribution in [0.5, 0.6) is 5.75 Å². The van der Waals surface area contributed by atoms with Crippen molar-refractivity contribution >= 4 is 23.2 Å². The molecule has 1 unspecified atom stereocenters. The zero-order valence-electron chi connectivity index (χ0n) is 14.5. The van der Waals surface area contributed by atoms with Crippen LogP contribution in [0.2, 0.25) is 0 Å². The van der Waals surface area contributed by atoms with Crippen LogP contribution in [-0.2, 0) is 4.79 Å². The van der Waals surface area contributed by atoms with E-state index in [9.17, 15) is 9.59 Å². The van der Waals surface area contributed by atoms with Crippen LogP contribution in [-0.4, -0.2) is 48.9 Å². The summed E-state index contributed by atoms with van der Waals surface area (Å²) in [5.41, 5.74) is 0.598. The van der Waals surface area contributed by atoms with E-state index in [1.165, 1.54) is 9.78 Å². The highest BCUT2D eigenvalue weighted by Crippen LogP contribution is 2.34. The zero-order valence-corrected chi connectivity index (χ0v) is 15.3. The summed E-state index contributed by atoms with van der Waals surface area (Å²) in [6.07, 6.45) is 2.03. The van der Waals surface area contributed by atoms with Crippen molar-refractivity contribution in [2.75, 3.05) is 27.2 Å². The standard InChI is InChI=1S/C19H22N2O3S/c1-20(2)19(23)14-7-9-15(10-8-14)24-13-18(22)21-11-3-5-16(21)17-6-4-12-25-17/h4,6-10,12,16H,3,5,11,13H2,1-2H3. The lowest BCUT2D eigenvalue weighted by Crippen LogP contribution is -2.34. The van der Waals surface area contributed by atoms with Gasteiger partial charge in [0.15, 0.2) is 6.61 Å². The second-order valence-electron chi connectivity index (χ2n) is 6.27. The molecule has 1 saturated heterocycles. The molecule has 6 heteroatoms. The number of carbonyl (C=O) groups is 2. The highest BCUT2D eigenvalue weighted by molar-refractivity contribution is 7.10. The minimum Gasteiger partial charge on any atom is -0.484 e. The molecule has 3 rings (SSSR count). The molecule has 25 heavy (non-hydrogen) atoms. The molecule has 1 aliphatic heterocycles. The maximum absolute atomic E-state index is 12.5. The number of benzene rings is 1. The minimum atomic E-state index is -0.0570. The van der Waals surface area contributed by atoms with Gasteiger partial charge in [-0.3, -0.25) is 9.59 Å². The van der Waals surface area contributed by atoms with Gasteiger partial charge in [-0.05, 0) is 48.6 Å². The first kappa shape index (κ1) is 17.5. The molecule has 1 aromatic carbocycles. The van der Waals surface area contributed by atoms with Gasteiger partial charge in [0.25, 0.3) is 11.8 Å². The van der Waals surface area contributed by atoms with Gasteiger partial charge in [0.2, 0.25) is 0 Å². The zero-order chi connectivity index (χ0) is 17.8. The molecule has 1 fully saturated rings. The number of hydrogen-bond acceptors (Lipinski definition) is 4. The molecule has 1 atom stereocenters. The normalized spacial score (nSPS) is 16.7. The first-order valence-electron chi connectivity index (χ1n) is 8.33. The molecule has 0 saturated carbocycles. The lowest BCUT2D eigenvalue weighted by molar-refractivity contribution is -0.134. The van der Waals surface area contributed by atoms with Gasteiger partial charge >= 0.3 is 0 Å². The van der Waals surface area contributed by atoms with Crippen LogP contribution < -0.4 is 4.74 Å². The fourth-order valence-electron chi connectivity index (χ4n) is 3.02. The predicted molar refractivity (Wildman–Crippen MR) is 98.0 cm³/mol. The minimum absolute atomic E-state index is 0.00402. The van der Waals surface area contributed by atoms with Crippen molar-refractivity contribution in [3.63, 3.8) is 0 Å². The highest BCUT2D eigenvalue weighted by Gasteiger charge is 2.30. The summed E-state index contributed by atoms with van der Waals surface area (Å²) in [5, 5.41) is 2.05. The summed E-state index contributed by atoms with van der Waals surface area (Å²) in [6, 6.07) is 11.2. The van der Waals surface area contributed by atoms with Crippen LogP contribution in [0.1, 0.15) is 34.1 Å². The molecule has 0 N–H and O–H groups in total. The van der Waals surface area contributed by atoms with Gasteiger partial charge < -0.3 is 14.5 Å². The van der Waals surface area contributed by atoms with Gasteiger partial charge in [0.05, 0.1) is 6.04 Å². The molecule has 2 heterocycles. The van der Waals surface area contributed by atoms with E-state index in [-0.39, 0.29) is 24.5 Å². The molecular formula is C19H22N2O3S. The Kier molecular flexibility index (Phi) is 5.38. The van der Waals surface area contributed by atoms with E-state index >= 15 is 0 Å². The quantitative estimate of drug-likeness (QED) is 0.825. The monoisotopic (exact) mass is 358 g/mol. The van der Waals surface area contributed by atoms with Gasteiger partial charge in [0.1, 0.15) is 5.75 Å². The summed E-state index contributed by atoms with van der Waals surface area (Å²) in [6.45, 7) is 0.796. The van der Waals surface area contributed by atoms with Crippen LogP contribution in [0.25, 0.3) is 0 Å². The first-order chi connectivity index (χ1) is 12.1. The second kappa shape index (κ2) is 7.70. The van der Waals surface area contributed by atoms with Crippen LogP contribution in [0.15, 0.2) is 41.8 Å². The van der Waals surface area contributed by atoms with Gasteiger partial charge in [0, 0.05) is 31.1 Å². The number of rotatable bonds is 5. The Morgan fingerprint density at radius 2 is 2.00 bits per heavy atom. The number of carbonyl (C=O) groups excluding carboxylic acids is 2. The van der Waals surface area contributed by atoms with E-state index in [1.807, 2.05) is 16.3 Å². The van der Waals surface area contributed by atoms with Crippen LogP contribution in [0.3, 0.4) is 0 Å². The molecule has 0 radical (unpaired) electrons. The lowest BCUT2D eigenvalue weighted by Gasteiger charge is -2.24. The SMILES string of the molecule is CN(C)C(=O)c1ccc(OCC(=O)N2CCCC2c2cccs2)cc1. The van der Waals surface area contributed by atoms with E-state index in [0.29, 0.717) is 11.3 Å². The van der Waals surface area contributed by atoms with Gasteiger partial charge in [-0.1, -0.05) is 6.07 Å². The maximum Gasteiger partial charge on any atom is 0.261 e. The Morgan fingerprint density at radius 1 is 1.24 bits per heavy atom. The lowest BCUT2D eigenvalue weighted by atomic mass is 10.2. The van der Waals surface area contributed by atoms with Crippen molar-refractivity contribution in [2.24, 2.45) is 0 Å². The molecule has 0 spiro atoms. The van der Waals surface area contributed by atoms with Crippen molar-refractivity contribution in [1.82, 2.24) is 9.80 Å². The Labute approximate surface area is 151 Å². The number of amides is 2.